The molecule has 0 aromatic heterocycles. The Labute approximate surface area is 120 Å². The molecule has 0 saturated heterocycles. The molecule has 1 aromatic rings. The number of benzene rings is 1. The SMILES string of the molecule is CCC(CC)CN(CC)Cc1ccc(N)c([N+](=O)[O-])c1. The maximum absolute atomic E-state index is 10.9. The molecule has 0 spiro atoms. The summed E-state index contributed by atoms with van der Waals surface area (Å²) in [5.41, 5.74) is 6.79. The van der Waals surface area contributed by atoms with E-state index < -0.39 is 4.92 Å². The van der Waals surface area contributed by atoms with Gasteiger partial charge in [0.05, 0.1) is 4.92 Å². The summed E-state index contributed by atoms with van der Waals surface area (Å²) in [7, 11) is 0. The molecule has 1 aromatic carbocycles. The van der Waals surface area contributed by atoms with Crippen molar-refractivity contribution in [1.29, 1.82) is 0 Å². The Morgan fingerprint density at radius 1 is 1.30 bits per heavy atom. The molecule has 1 rings (SSSR count). The number of hydrogen-bond acceptors (Lipinski definition) is 4. The lowest BCUT2D eigenvalue weighted by Crippen LogP contribution is -2.28. The van der Waals surface area contributed by atoms with Crippen molar-refractivity contribution in [3.63, 3.8) is 0 Å². The van der Waals surface area contributed by atoms with Crippen LogP contribution in [0.25, 0.3) is 0 Å². The highest BCUT2D eigenvalue weighted by Gasteiger charge is 2.15. The fourth-order valence-electron chi connectivity index (χ4n) is 2.32. The van der Waals surface area contributed by atoms with Gasteiger partial charge in [-0.05, 0) is 24.1 Å². The molecule has 0 fully saturated rings. The van der Waals surface area contributed by atoms with Crippen LogP contribution in [0.5, 0.6) is 0 Å². The molecule has 0 radical (unpaired) electrons. The van der Waals surface area contributed by atoms with Crippen molar-refractivity contribution in [3.8, 4) is 0 Å². The van der Waals surface area contributed by atoms with Gasteiger partial charge < -0.3 is 5.73 Å². The van der Waals surface area contributed by atoms with Crippen molar-refractivity contribution in [2.75, 3.05) is 18.8 Å². The topological polar surface area (TPSA) is 72.4 Å². The quantitative estimate of drug-likeness (QED) is 0.449. The van der Waals surface area contributed by atoms with E-state index in [0.717, 1.165) is 38.0 Å². The number of nitrogens with zero attached hydrogens (tertiary/aromatic N) is 2. The highest BCUT2D eigenvalue weighted by atomic mass is 16.6. The summed E-state index contributed by atoms with van der Waals surface area (Å²) >= 11 is 0. The molecule has 0 bridgehead atoms. The summed E-state index contributed by atoms with van der Waals surface area (Å²) in [6, 6.07) is 5.08. The van der Waals surface area contributed by atoms with E-state index in [0.29, 0.717) is 5.92 Å². The Kier molecular flexibility index (Phi) is 6.45. The number of hydrogen-bond donors (Lipinski definition) is 1. The van der Waals surface area contributed by atoms with E-state index in [-0.39, 0.29) is 11.4 Å². The summed E-state index contributed by atoms with van der Waals surface area (Å²) in [4.78, 5) is 12.8. The van der Waals surface area contributed by atoms with Crippen LogP contribution in [0.3, 0.4) is 0 Å². The molecular weight excluding hydrogens is 254 g/mol. The van der Waals surface area contributed by atoms with E-state index in [1.54, 1.807) is 12.1 Å². The minimum absolute atomic E-state index is 0.00101. The Hall–Kier alpha value is -1.62. The van der Waals surface area contributed by atoms with Gasteiger partial charge in [-0.25, -0.2) is 0 Å². The Morgan fingerprint density at radius 2 is 1.95 bits per heavy atom. The van der Waals surface area contributed by atoms with Gasteiger partial charge in [0.15, 0.2) is 0 Å². The first kappa shape index (κ1) is 16.4. The van der Waals surface area contributed by atoms with Gasteiger partial charge in [0, 0.05) is 19.2 Å². The van der Waals surface area contributed by atoms with E-state index in [4.69, 9.17) is 5.73 Å². The molecule has 0 saturated carbocycles. The molecular formula is C15H25N3O2. The molecule has 0 aliphatic carbocycles. The highest BCUT2D eigenvalue weighted by molar-refractivity contribution is 5.59. The van der Waals surface area contributed by atoms with Crippen LogP contribution in [0, 0.1) is 16.0 Å². The van der Waals surface area contributed by atoms with Crippen LogP contribution < -0.4 is 5.73 Å². The molecule has 5 heteroatoms. The van der Waals surface area contributed by atoms with Crippen LogP contribution in [0.15, 0.2) is 18.2 Å². The molecule has 0 unspecified atom stereocenters. The first-order chi connectivity index (χ1) is 9.51. The summed E-state index contributed by atoms with van der Waals surface area (Å²) in [5, 5.41) is 10.9. The number of nitro benzene ring substituents is 1. The van der Waals surface area contributed by atoms with E-state index in [1.807, 2.05) is 6.07 Å². The third-order valence-electron chi connectivity index (χ3n) is 3.82. The van der Waals surface area contributed by atoms with Crippen molar-refractivity contribution < 1.29 is 4.92 Å². The fraction of sp³-hybridized carbons (Fsp3) is 0.600. The first-order valence-corrected chi connectivity index (χ1v) is 7.26. The number of anilines is 1. The van der Waals surface area contributed by atoms with Gasteiger partial charge in [0.1, 0.15) is 5.69 Å². The van der Waals surface area contributed by atoms with Gasteiger partial charge in [0.2, 0.25) is 0 Å². The number of rotatable bonds is 8. The van der Waals surface area contributed by atoms with Gasteiger partial charge in [-0.1, -0.05) is 39.7 Å². The Balaban J connectivity index is 2.79. The minimum atomic E-state index is -0.421. The number of nitrogens with two attached hydrogens (primary N) is 1. The van der Waals surface area contributed by atoms with Crippen LogP contribution in [-0.2, 0) is 6.54 Å². The minimum Gasteiger partial charge on any atom is -0.393 e. The highest BCUT2D eigenvalue weighted by Crippen LogP contribution is 2.23. The van der Waals surface area contributed by atoms with Crippen molar-refractivity contribution >= 4 is 11.4 Å². The van der Waals surface area contributed by atoms with Gasteiger partial charge in [-0.3, -0.25) is 15.0 Å². The van der Waals surface area contributed by atoms with Crippen molar-refractivity contribution in [2.24, 2.45) is 5.92 Å². The summed E-state index contributed by atoms with van der Waals surface area (Å²) in [6.07, 6.45) is 2.32. The zero-order valence-corrected chi connectivity index (χ0v) is 12.6. The summed E-state index contributed by atoms with van der Waals surface area (Å²) < 4.78 is 0. The van der Waals surface area contributed by atoms with Crippen molar-refractivity contribution in [3.05, 3.63) is 33.9 Å². The summed E-state index contributed by atoms with van der Waals surface area (Å²) in [6.45, 7) is 9.23. The molecule has 112 valence electrons. The normalized spacial score (nSPS) is 11.2. The lowest BCUT2D eigenvalue weighted by Gasteiger charge is -2.25. The van der Waals surface area contributed by atoms with Gasteiger partial charge in [-0.15, -0.1) is 0 Å². The van der Waals surface area contributed by atoms with Crippen molar-refractivity contribution in [2.45, 2.75) is 40.2 Å². The third kappa shape index (κ3) is 4.49. The second kappa shape index (κ2) is 7.85. The second-order valence-corrected chi connectivity index (χ2v) is 5.16. The zero-order valence-electron chi connectivity index (χ0n) is 12.6. The molecule has 20 heavy (non-hydrogen) atoms. The van der Waals surface area contributed by atoms with E-state index in [9.17, 15) is 10.1 Å². The van der Waals surface area contributed by atoms with Crippen LogP contribution in [0.4, 0.5) is 11.4 Å². The first-order valence-electron chi connectivity index (χ1n) is 7.26. The average molecular weight is 279 g/mol. The van der Waals surface area contributed by atoms with Crippen LogP contribution in [-0.4, -0.2) is 22.9 Å². The zero-order chi connectivity index (χ0) is 15.1. The van der Waals surface area contributed by atoms with Gasteiger partial charge >= 0.3 is 0 Å². The van der Waals surface area contributed by atoms with Crippen LogP contribution in [0.2, 0.25) is 0 Å². The smallest absolute Gasteiger partial charge is 0.292 e. The number of nitro groups is 1. The van der Waals surface area contributed by atoms with Crippen molar-refractivity contribution in [1.82, 2.24) is 4.90 Å². The van der Waals surface area contributed by atoms with Gasteiger partial charge in [0.25, 0.3) is 5.69 Å². The average Bonchev–Trinajstić information content (AvgIpc) is 2.44. The maximum Gasteiger partial charge on any atom is 0.292 e. The predicted octanol–water partition coefficient (Wildman–Crippen LogP) is 3.44. The van der Waals surface area contributed by atoms with Crippen LogP contribution >= 0.6 is 0 Å². The summed E-state index contributed by atoms with van der Waals surface area (Å²) in [5.74, 6) is 0.679. The maximum atomic E-state index is 10.9. The molecule has 0 amide bonds. The lowest BCUT2D eigenvalue weighted by atomic mass is 10.0. The number of nitrogen functional groups attached to an aromatic ring is 1. The molecule has 0 aliphatic rings. The Morgan fingerprint density at radius 3 is 2.45 bits per heavy atom. The standard InChI is InChI=1S/C15H25N3O2/c1-4-12(5-2)10-17(6-3)11-13-7-8-14(16)15(9-13)18(19)20/h7-9,12H,4-6,10-11,16H2,1-3H3. The van der Waals surface area contributed by atoms with Crippen LogP contribution in [0.1, 0.15) is 39.2 Å². The fourth-order valence-corrected chi connectivity index (χ4v) is 2.32. The monoisotopic (exact) mass is 279 g/mol. The predicted molar refractivity (Wildman–Crippen MR) is 82.5 cm³/mol. The largest absolute Gasteiger partial charge is 0.393 e. The molecule has 5 nitrogen and oxygen atoms in total. The Bertz CT molecular complexity index is 445. The molecule has 0 atom stereocenters. The van der Waals surface area contributed by atoms with E-state index in [2.05, 4.69) is 25.7 Å². The third-order valence-corrected chi connectivity index (χ3v) is 3.82. The second-order valence-electron chi connectivity index (χ2n) is 5.16. The molecule has 0 heterocycles. The van der Waals surface area contributed by atoms with E-state index >= 15 is 0 Å². The van der Waals surface area contributed by atoms with Gasteiger partial charge in [-0.2, -0.15) is 0 Å². The molecule has 2 N–H and O–H groups in total. The molecule has 0 aliphatic heterocycles. The van der Waals surface area contributed by atoms with E-state index in [1.165, 1.54) is 0 Å². The lowest BCUT2D eigenvalue weighted by molar-refractivity contribution is -0.384.